The van der Waals surface area contributed by atoms with Crippen LogP contribution in [0.25, 0.3) is 0 Å². The molecule has 0 aliphatic rings. The van der Waals surface area contributed by atoms with Crippen LogP contribution in [-0.2, 0) is 4.74 Å². The van der Waals surface area contributed by atoms with Gasteiger partial charge in [-0.05, 0) is 55.7 Å². The lowest BCUT2D eigenvalue weighted by Crippen LogP contribution is -2.22. The number of rotatable bonds is 6. The van der Waals surface area contributed by atoms with Crippen LogP contribution in [0.3, 0.4) is 0 Å². The van der Waals surface area contributed by atoms with E-state index < -0.39 is 0 Å². The van der Waals surface area contributed by atoms with E-state index in [0.717, 1.165) is 22.6 Å². The number of esters is 1. The van der Waals surface area contributed by atoms with Crippen molar-refractivity contribution in [1.82, 2.24) is 4.90 Å². The molecule has 2 rings (SSSR count). The lowest BCUT2D eigenvalue weighted by atomic mass is 10.0. The summed E-state index contributed by atoms with van der Waals surface area (Å²) >= 11 is 7.35. The second kappa shape index (κ2) is 7.77. The summed E-state index contributed by atoms with van der Waals surface area (Å²) in [6.45, 7) is 2.31. The van der Waals surface area contributed by atoms with Crippen LogP contribution in [0, 0.1) is 6.92 Å². The van der Waals surface area contributed by atoms with Crippen LogP contribution in [0.15, 0.2) is 35.7 Å². The molecule has 2 aromatic rings. The maximum Gasteiger partial charge on any atom is 0.348 e. The molecule has 0 bridgehead atoms. The molecule has 1 unspecified atom stereocenters. The van der Waals surface area contributed by atoms with Gasteiger partial charge in [-0.1, -0.05) is 23.7 Å². The average Bonchev–Trinajstić information content (AvgIpc) is 2.90. The molecule has 0 saturated carbocycles. The molecular formula is C17H20ClNO2S. The second-order valence-electron chi connectivity index (χ2n) is 5.39. The Labute approximate surface area is 140 Å². The van der Waals surface area contributed by atoms with E-state index in [0.29, 0.717) is 11.5 Å². The van der Waals surface area contributed by atoms with Crippen molar-refractivity contribution in [2.75, 3.05) is 20.7 Å². The molecular weight excluding hydrogens is 318 g/mol. The number of carbonyl (C=O) groups excluding carboxylic acids is 1. The van der Waals surface area contributed by atoms with E-state index >= 15 is 0 Å². The molecule has 1 atom stereocenters. The van der Waals surface area contributed by atoms with Crippen LogP contribution in [0.2, 0.25) is 5.02 Å². The predicted molar refractivity (Wildman–Crippen MR) is 91.8 cm³/mol. The maximum absolute atomic E-state index is 12.0. The number of thiophene rings is 1. The highest BCUT2D eigenvalue weighted by molar-refractivity contribution is 7.12. The predicted octanol–water partition coefficient (Wildman–Crippen LogP) is 4.56. The molecule has 0 radical (unpaired) electrons. The van der Waals surface area contributed by atoms with Gasteiger partial charge in [0.05, 0.1) is 6.61 Å². The summed E-state index contributed by atoms with van der Waals surface area (Å²) in [6, 6.07) is 9.91. The Balaban J connectivity index is 1.94. The van der Waals surface area contributed by atoms with Crippen LogP contribution >= 0.6 is 22.9 Å². The second-order valence-corrected chi connectivity index (χ2v) is 6.74. The number of ether oxygens (including phenoxy) is 1. The normalized spacial score (nSPS) is 12.4. The van der Waals surface area contributed by atoms with E-state index in [2.05, 4.69) is 4.90 Å². The largest absolute Gasteiger partial charge is 0.461 e. The van der Waals surface area contributed by atoms with Crippen molar-refractivity contribution in [3.63, 3.8) is 0 Å². The third kappa shape index (κ3) is 4.32. The van der Waals surface area contributed by atoms with Crippen molar-refractivity contribution < 1.29 is 9.53 Å². The van der Waals surface area contributed by atoms with Gasteiger partial charge in [-0.2, -0.15) is 0 Å². The van der Waals surface area contributed by atoms with Gasteiger partial charge in [-0.15, -0.1) is 11.3 Å². The van der Waals surface area contributed by atoms with Gasteiger partial charge in [0.2, 0.25) is 0 Å². The molecule has 0 fully saturated rings. The van der Waals surface area contributed by atoms with Crippen LogP contribution in [0.4, 0.5) is 0 Å². The van der Waals surface area contributed by atoms with Crippen LogP contribution in [0.5, 0.6) is 0 Å². The van der Waals surface area contributed by atoms with E-state index in [1.54, 1.807) is 0 Å². The summed E-state index contributed by atoms with van der Waals surface area (Å²) in [5.41, 5.74) is 2.13. The molecule has 118 valence electrons. The van der Waals surface area contributed by atoms with E-state index in [9.17, 15) is 4.79 Å². The van der Waals surface area contributed by atoms with Gasteiger partial charge in [0.15, 0.2) is 0 Å². The zero-order chi connectivity index (χ0) is 16.1. The third-order valence-electron chi connectivity index (χ3n) is 3.55. The van der Waals surface area contributed by atoms with Crippen molar-refractivity contribution in [2.45, 2.75) is 19.4 Å². The van der Waals surface area contributed by atoms with E-state index in [1.165, 1.54) is 11.3 Å². The Morgan fingerprint density at radius 2 is 1.95 bits per heavy atom. The molecule has 0 aliphatic carbocycles. The molecule has 22 heavy (non-hydrogen) atoms. The molecule has 1 heterocycles. The average molecular weight is 338 g/mol. The first-order chi connectivity index (χ1) is 10.5. The molecule has 0 aliphatic heterocycles. The summed E-state index contributed by atoms with van der Waals surface area (Å²) in [4.78, 5) is 14.8. The van der Waals surface area contributed by atoms with Crippen LogP contribution in [-0.4, -0.2) is 31.6 Å². The number of hydrogen-bond acceptors (Lipinski definition) is 4. The number of carbonyl (C=O) groups is 1. The first-order valence-corrected chi connectivity index (χ1v) is 8.38. The van der Waals surface area contributed by atoms with Gasteiger partial charge in [0.25, 0.3) is 0 Å². The van der Waals surface area contributed by atoms with Crippen LogP contribution < -0.4 is 0 Å². The number of benzene rings is 1. The molecule has 1 aromatic heterocycles. The number of halogens is 1. The first-order valence-electron chi connectivity index (χ1n) is 7.12. The number of nitrogens with zero attached hydrogens (tertiary/aromatic N) is 1. The molecule has 0 amide bonds. The fourth-order valence-electron chi connectivity index (χ4n) is 2.32. The SMILES string of the molecule is Cc1ccsc1C(=O)OCCC(c1ccc(Cl)cc1)N(C)C. The highest BCUT2D eigenvalue weighted by atomic mass is 35.5. The Bertz CT molecular complexity index is 622. The molecule has 0 saturated heterocycles. The Kier molecular flexibility index (Phi) is 6.00. The third-order valence-corrected chi connectivity index (χ3v) is 4.80. The monoisotopic (exact) mass is 337 g/mol. The number of aryl methyl sites for hydroxylation is 1. The van der Waals surface area contributed by atoms with Gasteiger partial charge >= 0.3 is 5.97 Å². The molecule has 1 aromatic carbocycles. The minimum Gasteiger partial charge on any atom is -0.461 e. The van der Waals surface area contributed by atoms with Gasteiger partial charge in [-0.3, -0.25) is 0 Å². The smallest absolute Gasteiger partial charge is 0.348 e. The van der Waals surface area contributed by atoms with Gasteiger partial charge < -0.3 is 9.64 Å². The van der Waals surface area contributed by atoms with Crippen LogP contribution in [0.1, 0.15) is 33.3 Å². The fraction of sp³-hybridized carbons (Fsp3) is 0.353. The highest BCUT2D eigenvalue weighted by Crippen LogP contribution is 2.24. The summed E-state index contributed by atoms with van der Waals surface area (Å²) in [7, 11) is 4.04. The summed E-state index contributed by atoms with van der Waals surface area (Å²) in [5.74, 6) is -0.235. The van der Waals surface area contributed by atoms with Gasteiger partial charge in [-0.25, -0.2) is 4.79 Å². The summed E-state index contributed by atoms with van der Waals surface area (Å²) in [6.07, 6.45) is 0.741. The topological polar surface area (TPSA) is 29.5 Å². The Hall–Kier alpha value is -1.36. The Morgan fingerprint density at radius 1 is 1.27 bits per heavy atom. The standard InChI is InChI=1S/C17H20ClNO2S/c1-12-9-11-22-16(12)17(20)21-10-8-15(19(2)3)13-4-6-14(18)7-5-13/h4-7,9,11,15H,8,10H2,1-3H3. The Morgan fingerprint density at radius 3 is 2.50 bits per heavy atom. The minimum atomic E-state index is -0.235. The summed E-state index contributed by atoms with van der Waals surface area (Å²) in [5, 5.41) is 2.63. The first kappa shape index (κ1) is 17.0. The van der Waals surface area contributed by atoms with Crippen molar-refractivity contribution in [3.8, 4) is 0 Å². The van der Waals surface area contributed by atoms with Gasteiger partial charge in [0, 0.05) is 17.5 Å². The van der Waals surface area contributed by atoms with Crippen molar-refractivity contribution in [1.29, 1.82) is 0 Å². The highest BCUT2D eigenvalue weighted by Gasteiger charge is 2.16. The molecule has 5 heteroatoms. The number of hydrogen-bond donors (Lipinski definition) is 0. The van der Waals surface area contributed by atoms with Crippen molar-refractivity contribution in [2.24, 2.45) is 0 Å². The van der Waals surface area contributed by atoms with Crippen molar-refractivity contribution >= 4 is 28.9 Å². The molecule has 3 nitrogen and oxygen atoms in total. The molecule has 0 N–H and O–H groups in total. The van der Waals surface area contributed by atoms with E-state index in [4.69, 9.17) is 16.3 Å². The quantitative estimate of drug-likeness (QED) is 0.724. The zero-order valence-corrected chi connectivity index (χ0v) is 14.6. The van der Waals surface area contributed by atoms with Crippen molar-refractivity contribution in [3.05, 3.63) is 56.7 Å². The van der Waals surface area contributed by atoms with Gasteiger partial charge in [0.1, 0.15) is 4.88 Å². The van der Waals surface area contributed by atoms with E-state index in [1.807, 2.05) is 56.7 Å². The van der Waals surface area contributed by atoms with E-state index in [-0.39, 0.29) is 12.0 Å². The minimum absolute atomic E-state index is 0.189. The molecule has 0 spiro atoms. The lowest BCUT2D eigenvalue weighted by molar-refractivity contribution is 0.0476. The maximum atomic E-state index is 12.0. The zero-order valence-electron chi connectivity index (χ0n) is 13.0. The fourth-order valence-corrected chi connectivity index (χ4v) is 3.26. The lowest BCUT2D eigenvalue weighted by Gasteiger charge is -2.24. The summed E-state index contributed by atoms with van der Waals surface area (Å²) < 4.78 is 5.41.